The van der Waals surface area contributed by atoms with Gasteiger partial charge in [0.05, 0.1) is 0 Å². The third kappa shape index (κ3) is 3.87. The summed E-state index contributed by atoms with van der Waals surface area (Å²) >= 11 is 15.9. The zero-order valence-electron chi connectivity index (χ0n) is 11.8. The minimum Gasteiger partial charge on any atom is -0.171 e. The predicted octanol–water partition coefficient (Wildman–Crippen LogP) is 5.92. The molecule has 104 valence electrons. The van der Waals surface area contributed by atoms with Crippen LogP contribution in [0, 0.1) is 5.92 Å². The standard InChI is InChI=1S/C14H24S4/c1-7(2)6-11-12(8(3)15)13(9(4)16)14(18-11)10(5)17/h7-10,15-17H,6H2,1-5H3. The Kier molecular flexibility index (Phi) is 6.50. The van der Waals surface area contributed by atoms with Crippen LogP contribution in [0.3, 0.4) is 0 Å². The Morgan fingerprint density at radius 3 is 1.67 bits per heavy atom. The molecule has 0 amide bonds. The Balaban J connectivity index is 3.39. The quantitative estimate of drug-likeness (QED) is 0.551. The minimum atomic E-state index is 0.247. The zero-order valence-corrected chi connectivity index (χ0v) is 15.3. The van der Waals surface area contributed by atoms with Crippen LogP contribution < -0.4 is 0 Å². The number of hydrogen-bond acceptors (Lipinski definition) is 4. The van der Waals surface area contributed by atoms with Gasteiger partial charge >= 0.3 is 0 Å². The molecule has 1 heterocycles. The van der Waals surface area contributed by atoms with Crippen molar-refractivity contribution >= 4 is 49.2 Å². The Bertz CT molecular complexity index is 389. The van der Waals surface area contributed by atoms with Crippen molar-refractivity contribution in [1.82, 2.24) is 0 Å². The zero-order chi connectivity index (χ0) is 14.0. The number of thiol groups is 3. The highest BCUT2D eigenvalue weighted by Crippen LogP contribution is 2.45. The van der Waals surface area contributed by atoms with Crippen LogP contribution in [0.15, 0.2) is 0 Å². The van der Waals surface area contributed by atoms with E-state index in [1.807, 2.05) is 11.3 Å². The molecule has 3 unspecified atom stereocenters. The van der Waals surface area contributed by atoms with Crippen LogP contribution in [-0.2, 0) is 6.42 Å². The monoisotopic (exact) mass is 320 g/mol. The summed E-state index contributed by atoms with van der Waals surface area (Å²) in [5.74, 6) is 0.667. The van der Waals surface area contributed by atoms with Gasteiger partial charge in [0.25, 0.3) is 0 Å². The van der Waals surface area contributed by atoms with E-state index in [1.54, 1.807) is 0 Å². The smallest absolute Gasteiger partial charge is 0.0336 e. The fraction of sp³-hybridized carbons (Fsp3) is 0.714. The van der Waals surface area contributed by atoms with Crippen molar-refractivity contribution < 1.29 is 0 Å². The van der Waals surface area contributed by atoms with Crippen LogP contribution in [0.1, 0.15) is 71.2 Å². The largest absolute Gasteiger partial charge is 0.171 e. The van der Waals surface area contributed by atoms with Crippen molar-refractivity contribution in [2.45, 2.75) is 56.8 Å². The molecule has 0 saturated carbocycles. The van der Waals surface area contributed by atoms with Crippen molar-refractivity contribution in [3.8, 4) is 0 Å². The van der Waals surface area contributed by atoms with E-state index in [4.69, 9.17) is 0 Å². The fourth-order valence-corrected chi connectivity index (χ4v) is 4.94. The van der Waals surface area contributed by atoms with E-state index in [1.165, 1.54) is 20.9 Å². The van der Waals surface area contributed by atoms with Gasteiger partial charge in [-0.25, -0.2) is 0 Å². The Morgan fingerprint density at radius 1 is 0.833 bits per heavy atom. The third-order valence-corrected chi connectivity index (χ3v) is 5.27. The van der Waals surface area contributed by atoms with Gasteiger partial charge in [-0.15, -0.1) is 11.3 Å². The molecule has 0 aliphatic heterocycles. The second-order valence-corrected chi connectivity index (χ2v) is 8.80. The molecule has 0 saturated heterocycles. The lowest BCUT2D eigenvalue weighted by Gasteiger charge is -2.15. The highest BCUT2D eigenvalue weighted by atomic mass is 32.1. The third-order valence-electron chi connectivity index (χ3n) is 2.90. The first kappa shape index (κ1) is 16.8. The van der Waals surface area contributed by atoms with Crippen LogP contribution >= 0.6 is 49.2 Å². The molecule has 0 aliphatic carbocycles. The van der Waals surface area contributed by atoms with E-state index in [9.17, 15) is 0 Å². The summed E-state index contributed by atoms with van der Waals surface area (Å²) < 4.78 is 0. The van der Waals surface area contributed by atoms with Crippen molar-refractivity contribution in [3.05, 3.63) is 20.9 Å². The molecule has 0 nitrogen and oxygen atoms in total. The molecule has 1 aromatic rings. The highest BCUT2D eigenvalue weighted by molar-refractivity contribution is 7.81. The summed E-state index contributed by atoms with van der Waals surface area (Å²) in [5.41, 5.74) is 2.76. The molecular weight excluding hydrogens is 296 g/mol. The SMILES string of the molecule is CC(C)Cc1sc(C(C)S)c(C(C)S)c1C(C)S. The van der Waals surface area contributed by atoms with Crippen LogP contribution in [-0.4, -0.2) is 0 Å². The molecule has 18 heavy (non-hydrogen) atoms. The van der Waals surface area contributed by atoms with Gasteiger partial charge < -0.3 is 0 Å². The minimum absolute atomic E-state index is 0.247. The molecule has 0 spiro atoms. The lowest BCUT2D eigenvalue weighted by atomic mass is 9.98. The molecule has 3 atom stereocenters. The second kappa shape index (κ2) is 6.96. The van der Waals surface area contributed by atoms with Crippen molar-refractivity contribution in [2.24, 2.45) is 5.92 Å². The van der Waals surface area contributed by atoms with Crippen molar-refractivity contribution in [1.29, 1.82) is 0 Å². The summed E-state index contributed by atoms with van der Waals surface area (Å²) in [6, 6.07) is 0. The predicted molar refractivity (Wildman–Crippen MR) is 95.1 cm³/mol. The molecule has 0 fully saturated rings. The molecule has 0 radical (unpaired) electrons. The van der Waals surface area contributed by atoms with Gasteiger partial charge in [0.15, 0.2) is 0 Å². The topological polar surface area (TPSA) is 0 Å². The lowest BCUT2D eigenvalue weighted by Crippen LogP contribution is -2.00. The number of hydrogen-bond donors (Lipinski definition) is 3. The Morgan fingerprint density at radius 2 is 1.33 bits per heavy atom. The fourth-order valence-electron chi connectivity index (χ4n) is 2.25. The van der Waals surface area contributed by atoms with E-state index in [2.05, 4.69) is 72.5 Å². The van der Waals surface area contributed by atoms with E-state index in [-0.39, 0.29) is 15.7 Å². The molecule has 1 rings (SSSR count). The molecule has 1 aromatic heterocycles. The van der Waals surface area contributed by atoms with E-state index < -0.39 is 0 Å². The van der Waals surface area contributed by atoms with Gasteiger partial charge in [0.2, 0.25) is 0 Å². The van der Waals surface area contributed by atoms with Crippen LogP contribution in [0.5, 0.6) is 0 Å². The molecule has 0 bridgehead atoms. The van der Waals surface area contributed by atoms with Gasteiger partial charge in [0, 0.05) is 25.5 Å². The number of rotatable bonds is 5. The van der Waals surface area contributed by atoms with Gasteiger partial charge in [-0.2, -0.15) is 37.9 Å². The molecule has 0 N–H and O–H groups in total. The van der Waals surface area contributed by atoms with Crippen molar-refractivity contribution in [2.75, 3.05) is 0 Å². The molecule has 0 aromatic carbocycles. The molecular formula is C14H24S4. The second-order valence-electron chi connectivity index (χ2n) is 5.34. The number of thiophene rings is 1. The summed E-state index contributed by atoms with van der Waals surface area (Å²) in [6.07, 6.45) is 1.12. The Labute approximate surface area is 132 Å². The lowest BCUT2D eigenvalue weighted by molar-refractivity contribution is 0.650. The van der Waals surface area contributed by atoms with Crippen LogP contribution in [0.4, 0.5) is 0 Å². The first-order valence-corrected chi connectivity index (χ1v) is 8.81. The van der Waals surface area contributed by atoms with Gasteiger partial charge in [-0.05, 0) is 44.2 Å². The average molecular weight is 321 g/mol. The molecule has 4 heteroatoms. The average Bonchev–Trinajstić information content (AvgIpc) is 2.55. The van der Waals surface area contributed by atoms with E-state index in [0.717, 1.165) is 6.42 Å². The normalized spacial score (nSPS) is 16.9. The maximum atomic E-state index is 4.67. The summed E-state index contributed by atoms with van der Waals surface area (Å²) in [7, 11) is 0. The van der Waals surface area contributed by atoms with E-state index in [0.29, 0.717) is 5.92 Å². The van der Waals surface area contributed by atoms with Gasteiger partial charge in [-0.1, -0.05) is 13.8 Å². The van der Waals surface area contributed by atoms with Crippen LogP contribution in [0.25, 0.3) is 0 Å². The summed E-state index contributed by atoms with van der Waals surface area (Å²) in [5, 5.41) is 0.781. The Hall–Kier alpha value is 0.750. The van der Waals surface area contributed by atoms with Gasteiger partial charge in [-0.3, -0.25) is 0 Å². The van der Waals surface area contributed by atoms with E-state index >= 15 is 0 Å². The highest BCUT2D eigenvalue weighted by Gasteiger charge is 2.24. The summed E-state index contributed by atoms with van der Waals surface area (Å²) in [6.45, 7) is 11.0. The molecule has 0 aliphatic rings. The summed E-state index contributed by atoms with van der Waals surface area (Å²) in [4.78, 5) is 2.84. The maximum absolute atomic E-state index is 4.67. The first-order chi connectivity index (χ1) is 8.25. The maximum Gasteiger partial charge on any atom is 0.0336 e. The van der Waals surface area contributed by atoms with Gasteiger partial charge in [0.1, 0.15) is 0 Å². The van der Waals surface area contributed by atoms with Crippen LogP contribution in [0.2, 0.25) is 0 Å². The first-order valence-electron chi connectivity index (χ1n) is 6.45. The van der Waals surface area contributed by atoms with Crippen molar-refractivity contribution in [3.63, 3.8) is 0 Å².